The molecule has 446 valence electrons. The fraction of sp³-hybridized carbons (Fsp3) is 0.607. The number of fused-ring (bicyclic) bond motifs is 2. The highest BCUT2D eigenvalue weighted by Gasteiger charge is 2.51. The van der Waals surface area contributed by atoms with Crippen molar-refractivity contribution in [3.05, 3.63) is 71.3 Å². The first-order valence-electron chi connectivity index (χ1n) is 28.6. The van der Waals surface area contributed by atoms with Crippen LogP contribution in [0.3, 0.4) is 0 Å². The highest BCUT2D eigenvalue weighted by Crippen LogP contribution is 2.41. The standard InChI is InChI=1S/C56H88N16O9/c57-40(22-13-27-65-54(58)59)48(75)68-41(23-14-28-66-55(60)61)49(76)64-26-12-3-1-2-7-20-38(30-35-16-5-4-6-17-35)47(74)70-43(34-73)51(78)71-33-39-21-9-8-18-36(39)31-46(71)52(79)72-44-25-11-10-19-37(44)32-45(72)50(77)69-42(53(80)81)24-15-29-67-56(62)63/h4-6,8-9,16-18,21,37-38,40-46,73H,1-3,7,10-15,19-20,22-34,57H2,(H,64,76)(H,68,75)(H,69,77)(H,70,74)(H,80,81)(H4,58,59,65)(H4,60,61,66)(H4,62,63,67). The molecule has 2 fully saturated rings. The van der Waals surface area contributed by atoms with E-state index in [1.165, 1.54) is 4.90 Å². The number of aliphatic hydroxyl groups is 1. The average molecular weight is 1130 g/mol. The lowest BCUT2D eigenvalue weighted by Crippen LogP contribution is -2.62. The molecule has 1 saturated carbocycles. The Morgan fingerprint density at radius 3 is 1.84 bits per heavy atom. The fourth-order valence-electron chi connectivity index (χ4n) is 11.2. The number of nitrogens with zero attached hydrogens (tertiary/aromatic N) is 5. The zero-order chi connectivity index (χ0) is 58.8. The minimum absolute atomic E-state index is 0.00533. The van der Waals surface area contributed by atoms with Crippen LogP contribution in [0.1, 0.15) is 126 Å². The molecule has 0 radical (unpaired) electrons. The van der Waals surface area contributed by atoms with Crippen LogP contribution in [-0.4, -0.2) is 154 Å². The van der Waals surface area contributed by atoms with Gasteiger partial charge in [-0.3, -0.25) is 43.7 Å². The second kappa shape index (κ2) is 33.3. The molecule has 25 nitrogen and oxygen atoms in total. The second-order valence-corrected chi connectivity index (χ2v) is 21.5. The highest BCUT2D eigenvalue weighted by atomic mass is 16.4. The molecule has 20 N–H and O–H groups in total. The number of carbonyl (C=O) groups is 7. The molecule has 2 heterocycles. The zero-order valence-electron chi connectivity index (χ0n) is 46.6. The SMILES string of the molecule is NC(N)=NCCCC(N)C(=O)NC(CCCN=C(N)N)C(=O)NCCCCCCCC(Cc1ccccc1)C(=O)NC(CO)C(=O)N1Cc2ccccc2CC1C(=O)N1C(C(=O)NC(CCCN=C(N)N)C(=O)O)CC2CCCCC21. The summed E-state index contributed by atoms with van der Waals surface area (Å²) < 4.78 is 0. The van der Waals surface area contributed by atoms with E-state index in [1.807, 2.05) is 54.6 Å². The van der Waals surface area contributed by atoms with Gasteiger partial charge in [-0.05, 0) is 99.7 Å². The van der Waals surface area contributed by atoms with Crippen LogP contribution in [0.4, 0.5) is 0 Å². The molecule has 2 aromatic carbocycles. The van der Waals surface area contributed by atoms with Crippen LogP contribution >= 0.6 is 0 Å². The van der Waals surface area contributed by atoms with Crippen molar-refractivity contribution in [2.45, 2.75) is 171 Å². The van der Waals surface area contributed by atoms with Gasteiger partial charge in [0.25, 0.3) is 0 Å². The summed E-state index contributed by atoms with van der Waals surface area (Å²) in [5, 5.41) is 32.2. The summed E-state index contributed by atoms with van der Waals surface area (Å²) in [7, 11) is 0. The number of benzene rings is 2. The number of carbonyl (C=O) groups excluding carboxylic acids is 6. The van der Waals surface area contributed by atoms with Crippen molar-refractivity contribution in [2.75, 3.05) is 32.8 Å². The molecule has 1 aliphatic carbocycles. The third kappa shape index (κ3) is 20.5. The van der Waals surface area contributed by atoms with Crippen molar-refractivity contribution >= 4 is 59.3 Å². The fourth-order valence-corrected chi connectivity index (χ4v) is 11.2. The molecule has 2 aliphatic heterocycles. The molecule has 0 aromatic heterocycles. The van der Waals surface area contributed by atoms with E-state index in [0.717, 1.165) is 55.2 Å². The van der Waals surface area contributed by atoms with Crippen LogP contribution < -0.4 is 61.4 Å². The number of aliphatic imine (C=N–C) groups is 3. The van der Waals surface area contributed by atoms with E-state index in [9.17, 15) is 39.0 Å². The molecule has 9 unspecified atom stereocenters. The highest BCUT2D eigenvalue weighted by molar-refractivity contribution is 5.96. The van der Waals surface area contributed by atoms with E-state index >= 15 is 4.79 Å². The van der Waals surface area contributed by atoms with Gasteiger partial charge in [0, 0.05) is 51.1 Å². The van der Waals surface area contributed by atoms with E-state index in [2.05, 4.69) is 36.2 Å². The number of unbranched alkanes of at least 4 members (excludes halogenated alkanes) is 4. The first-order valence-corrected chi connectivity index (χ1v) is 28.6. The average Bonchev–Trinajstić information content (AvgIpc) is 4.11. The van der Waals surface area contributed by atoms with Gasteiger partial charge in [0.2, 0.25) is 35.4 Å². The van der Waals surface area contributed by atoms with Crippen molar-refractivity contribution in [1.82, 2.24) is 31.1 Å². The number of likely N-dealkylation sites (tertiary alicyclic amines) is 1. The summed E-state index contributed by atoms with van der Waals surface area (Å²) >= 11 is 0. The molecule has 0 spiro atoms. The Kier molecular flexibility index (Phi) is 26.4. The number of carboxylic acid groups (broad SMARTS) is 1. The van der Waals surface area contributed by atoms with Gasteiger partial charge >= 0.3 is 5.97 Å². The van der Waals surface area contributed by atoms with Gasteiger partial charge in [0.15, 0.2) is 17.9 Å². The summed E-state index contributed by atoms with van der Waals surface area (Å²) in [4.78, 5) is 112. The van der Waals surface area contributed by atoms with Gasteiger partial charge in [-0.2, -0.15) is 0 Å². The number of aliphatic carboxylic acids is 1. The summed E-state index contributed by atoms with van der Waals surface area (Å²) in [6.45, 7) is 0.394. The first-order chi connectivity index (χ1) is 38.9. The Morgan fingerprint density at radius 2 is 1.20 bits per heavy atom. The Labute approximate surface area is 474 Å². The van der Waals surface area contributed by atoms with Crippen LogP contribution in [0.25, 0.3) is 0 Å². The third-order valence-electron chi connectivity index (χ3n) is 15.4. The van der Waals surface area contributed by atoms with Crippen LogP contribution in [-0.2, 0) is 52.9 Å². The normalized spacial score (nSPS) is 19.2. The number of carboxylic acids is 1. The maximum absolute atomic E-state index is 15.3. The second-order valence-electron chi connectivity index (χ2n) is 21.5. The van der Waals surface area contributed by atoms with E-state index in [4.69, 9.17) is 40.1 Å². The summed E-state index contributed by atoms with van der Waals surface area (Å²) in [6, 6.07) is 10.2. The van der Waals surface area contributed by atoms with E-state index < -0.39 is 84.3 Å². The predicted molar refractivity (Wildman–Crippen MR) is 308 cm³/mol. The lowest BCUT2D eigenvalue weighted by Gasteiger charge is -2.42. The Bertz CT molecular complexity index is 2490. The number of hydrogen-bond acceptors (Lipinski definition) is 12. The number of hydrogen-bond donors (Lipinski definition) is 13. The van der Waals surface area contributed by atoms with Crippen LogP contribution in [0.5, 0.6) is 0 Å². The van der Waals surface area contributed by atoms with Gasteiger partial charge in [0.1, 0.15) is 30.2 Å². The minimum atomic E-state index is -1.40. The van der Waals surface area contributed by atoms with Crippen LogP contribution in [0, 0.1) is 11.8 Å². The van der Waals surface area contributed by atoms with E-state index in [0.29, 0.717) is 70.9 Å². The molecule has 1 saturated heterocycles. The molecule has 5 rings (SSSR count). The monoisotopic (exact) mass is 1130 g/mol. The first kappa shape index (κ1) is 64.3. The third-order valence-corrected chi connectivity index (χ3v) is 15.4. The number of rotatable bonds is 33. The van der Waals surface area contributed by atoms with Crippen molar-refractivity contribution in [3.63, 3.8) is 0 Å². The zero-order valence-corrected chi connectivity index (χ0v) is 46.6. The number of amides is 6. The van der Waals surface area contributed by atoms with Gasteiger partial charge < -0.3 is 81.4 Å². The maximum Gasteiger partial charge on any atom is 0.326 e. The maximum atomic E-state index is 15.3. The van der Waals surface area contributed by atoms with Crippen molar-refractivity contribution in [1.29, 1.82) is 0 Å². The number of nitrogens with two attached hydrogens (primary N) is 7. The number of aliphatic hydroxyl groups excluding tert-OH is 1. The number of guanidine groups is 3. The Balaban J connectivity index is 1.22. The Hall–Kier alpha value is -7.54. The summed E-state index contributed by atoms with van der Waals surface area (Å²) in [5.74, 6) is -5.02. The summed E-state index contributed by atoms with van der Waals surface area (Å²) in [6.07, 6.45) is 9.98. The van der Waals surface area contributed by atoms with E-state index in [-0.39, 0.29) is 81.1 Å². The predicted octanol–water partition coefficient (Wildman–Crippen LogP) is -0.565. The van der Waals surface area contributed by atoms with Crippen molar-refractivity contribution in [3.8, 4) is 0 Å². The molecular formula is C56H88N16O9. The summed E-state index contributed by atoms with van der Waals surface area (Å²) in [5.41, 5.74) is 41.2. The van der Waals surface area contributed by atoms with Crippen LogP contribution in [0.2, 0.25) is 0 Å². The largest absolute Gasteiger partial charge is 0.480 e. The Morgan fingerprint density at radius 1 is 0.617 bits per heavy atom. The number of nitrogens with one attached hydrogen (secondary N) is 4. The van der Waals surface area contributed by atoms with Gasteiger partial charge in [-0.15, -0.1) is 0 Å². The lowest BCUT2D eigenvalue weighted by atomic mass is 9.84. The molecule has 25 heteroatoms. The molecule has 3 aliphatic rings. The van der Waals surface area contributed by atoms with Gasteiger partial charge in [0.05, 0.1) is 12.6 Å². The molecule has 9 atom stereocenters. The van der Waals surface area contributed by atoms with E-state index in [1.54, 1.807) is 4.90 Å². The van der Waals surface area contributed by atoms with Gasteiger partial charge in [-0.25, -0.2) is 4.79 Å². The molecule has 6 amide bonds. The smallest absolute Gasteiger partial charge is 0.326 e. The molecule has 0 bridgehead atoms. The molecule has 2 aromatic rings. The lowest BCUT2D eigenvalue weighted by molar-refractivity contribution is -0.153. The molecular weight excluding hydrogens is 1040 g/mol. The quantitative estimate of drug-likeness (QED) is 0.0242. The van der Waals surface area contributed by atoms with Gasteiger partial charge in [-0.1, -0.05) is 93.1 Å². The molecule has 81 heavy (non-hydrogen) atoms. The minimum Gasteiger partial charge on any atom is -0.480 e. The topological polar surface area (TPSA) is 434 Å². The van der Waals surface area contributed by atoms with Crippen molar-refractivity contribution in [2.24, 2.45) is 66.9 Å². The van der Waals surface area contributed by atoms with Crippen molar-refractivity contribution < 1.29 is 43.8 Å². The van der Waals surface area contributed by atoms with Crippen LogP contribution in [0.15, 0.2) is 69.6 Å².